The summed E-state index contributed by atoms with van der Waals surface area (Å²) in [4.78, 5) is 4.64. The van der Waals surface area contributed by atoms with Gasteiger partial charge >= 0.3 is 0 Å². The average Bonchev–Trinajstić information content (AvgIpc) is 2.31. The molecule has 0 saturated heterocycles. The van der Waals surface area contributed by atoms with Crippen LogP contribution in [0.5, 0.6) is 0 Å². The summed E-state index contributed by atoms with van der Waals surface area (Å²) in [5, 5.41) is 5.21. The molecule has 2 nitrogen and oxygen atoms in total. The molecule has 0 aliphatic rings. The number of aryl methyl sites for hydroxylation is 1. The van der Waals surface area contributed by atoms with Crippen LogP contribution in [0.25, 0.3) is 10.9 Å². The van der Waals surface area contributed by atoms with Gasteiger partial charge in [0.05, 0.1) is 10.5 Å². The fraction of sp³-hybridized carbons (Fsp3) is 0.357. The molecule has 0 spiro atoms. The molecule has 0 aliphatic carbocycles. The van der Waals surface area contributed by atoms with Crippen LogP contribution in [0.3, 0.4) is 0 Å². The van der Waals surface area contributed by atoms with Crippen LogP contribution >= 0.6 is 27.5 Å². The molecule has 0 aliphatic heterocycles. The van der Waals surface area contributed by atoms with Crippen molar-refractivity contribution in [2.75, 3.05) is 11.9 Å². The SMILES string of the molecule is CCNc1c(CC)c(C)nc2c(Cl)cc(Br)cc12. The average molecular weight is 328 g/mol. The van der Waals surface area contributed by atoms with Crippen LogP contribution in [0.15, 0.2) is 16.6 Å². The maximum Gasteiger partial charge on any atom is 0.0913 e. The topological polar surface area (TPSA) is 24.9 Å². The van der Waals surface area contributed by atoms with E-state index in [4.69, 9.17) is 11.6 Å². The number of hydrogen-bond acceptors (Lipinski definition) is 2. The minimum absolute atomic E-state index is 0.685. The van der Waals surface area contributed by atoms with E-state index in [0.29, 0.717) is 5.02 Å². The van der Waals surface area contributed by atoms with Crippen LogP contribution in [0.2, 0.25) is 5.02 Å². The first-order valence-electron chi connectivity index (χ1n) is 6.10. The Morgan fingerprint density at radius 1 is 1.33 bits per heavy atom. The Hall–Kier alpha value is -0.800. The number of nitrogens with zero attached hydrogens (tertiary/aromatic N) is 1. The Morgan fingerprint density at radius 2 is 2.06 bits per heavy atom. The number of fused-ring (bicyclic) bond motifs is 1. The number of halogens is 2. The predicted octanol–water partition coefficient (Wildman–Crippen LogP) is 4.95. The number of hydrogen-bond donors (Lipinski definition) is 1. The van der Waals surface area contributed by atoms with E-state index in [2.05, 4.69) is 46.1 Å². The molecule has 1 heterocycles. The fourth-order valence-corrected chi connectivity index (χ4v) is 3.11. The molecule has 18 heavy (non-hydrogen) atoms. The molecule has 1 N–H and O–H groups in total. The van der Waals surface area contributed by atoms with Crippen molar-refractivity contribution in [2.45, 2.75) is 27.2 Å². The summed E-state index contributed by atoms with van der Waals surface area (Å²) in [7, 11) is 0. The van der Waals surface area contributed by atoms with Crippen molar-refractivity contribution in [3.05, 3.63) is 32.9 Å². The molecule has 0 unspecified atom stereocenters. The molecule has 0 atom stereocenters. The second kappa shape index (κ2) is 5.45. The highest BCUT2D eigenvalue weighted by Crippen LogP contribution is 2.35. The first kappa shape index (κ1) is 13.6. The smallest absolute Gasteiger partial charge is 0.0913 e. The highest BCUT2D eigenvalue weighted by molar-refractivity contribution is 9.10. The summed E-state index contributed by atoms with van der Waals surface area (Å²) in [6.07, 6.45) is 0.960. The number of benzene rings is 1. The van der Waals surface area contributed by atoms with E-state index in [1.807, 2.05) is 13.0 Å². The Morgan fingerprint density at radius 3 is 2.67 bits per heavy atom. The molecule has 0 radical (unpaired) electrons. The predicted molar refractivity (Wildman–Crippen MR) is 82.7 cm³/mol. The first-order valence-corrected chi connectivity index (χ1v) is 7.27. The second-order valence-electron chi connectivity index (χ2n) is 4.22. The van der Waals surface area contributed by atoms with Gasteiger partial charge in [0.15, 0.2) is 0 Å². The highest BCUT2D eigenvalue weighted by atomic mass is 79.9. The first-order chi connectivity index (χ1) is 8.58. The van der Waals surface area contributed by atoms with Crippen molar-refractivity contribution in [2.24, 2.45) is 0 Å². The summed E-state index contributed by atoms with van der Waals surface area (Å²) >= 11 is 9.78. The van der Waals surface area contributed by atoms with Gasteiger partial charge in [-0.3, -0.25) is 4.98 Å². The third-order valence-electron chi connectivity index (χ3n) is 3.02. The molecule has 4 heteroatoms. The molecule has 2 aromatic rings. The number of pyridine rings is 1. The van der Waals surface area contributed by atoms with E-state index < -0.39 is 0 Å². The Kier molecular flexibility index (Phi) is 4.13. The maximum absolute atomic E-state index is 6.28. The second-order valence-corrected chi connectivity index (χ2v) is 5.54. The zero-order chi connectivity index (χ0) is 13.3. The highest BCUT2D eigenvalue weighted by Gasteiger charge is 2.13. The van der Waals surface area contributed by atoms with Crippen LogP contribution in [-0.2, 0) is 6.42 Å². The van der Waals surface area contributed by atoms with Crippen molar-refractivity contribution in [3.8, 4) is 0 Å². The molecule has 0 fully saturated rings. The lowest BCUT2D eigenvalue weighted by molar-refractivity contribution is 1.06. The van der Waals surface area contributed by atoms with Gasteiger partial charge < -0.3 is 5.32 Å². The van der Waals surface area contributed by atoms with Gasteiger partial charge in [-0.15, -0.1) is 0 Å². The van der Waals surface area contributed by atoms with Crippen LogP contribution in [0, 0.1) is 6.92 Å². The molecular formula is C14H16BrClN2. The largest absolute Gasteiger partial charge is 0.384 e. The lowest BCUT2D eigenvalue weighted by Gasteiger charge is -2.16. The van der Waals surface area contributed by atoms with E-state index >= 15 is 0 Å². The van der Waals surface area contributed by atoms with Gasteiger partial charge in [0, 0.05) is 27.8 Å². The van der Waals surface area contributed by atoms with Crippen molar-refractivity contribution in [3.63, 3.8) is 0 Å². The monoisotopic (exact) mass is 326 g/mol. The third-order valence-corrected chi connectivity index (χ3v) is 3.77. The van der Waals surface area contributed by atoms with Gasteiger partial charge in [-0.2, -0.15) is 0 Å². The van der Waals surface area contributed by atoms with E-state index in [0.717, 1.165) is 39.7 Å². The molecule has 0 saturated carbocycles. The molecule has 2 rings (SSSR count). The number of anilines is 1. The van der Waals surface area contributed by atoms with Crippen molar-refractivity contribution >= 4 is 44.1 Å². The lowest BCUT2D eigenvalue weighted by Crippen LogP contribution is -2.05. The molecular weight excluding hydrogens is 312 g/mol. The van der Waals surface area contributed by atoms with Crippen molar-refractivity contribution in [1.29, 1.82) is 0 Å². The van der Waals surface area contributed by atoms with Gasteiger partial charge in [-0.25, -0.2) is 0 Å². The zero-order valence-electron chi connectivity index (χ0n) is 10.8. The fourth-order valence-electron chi connectivity index (χ4n) is 2.26. The molecule has 96 valence electrons. The Bertz CT molecular complexity index is 596. The van der Waals surface area contributed by atoms with E-state index in [1.54, 1.807) is 0 Å². The summed E-state index contributed by atoms with van der Waals surface area (Å²) in [5.41, 5.74) is 4.33. The van der Waals surface area contributed by atoms with Crippen LogP contribution in [0.4, 0.5) is 5.69 Å². The van der Waals surface area contributed by atoms with Crippen molar-refractivity contribution in [1.82, 2.24) is 4.98 Å². The normalized spacial score (nSPS) is 10.9. The van der Waals surface area contributed by atoms with Gasteiger partial charge in [0.1, 0.15) is 0 Å². The van der Waals surface area contributed by atoms with Crippen LogP contribution in [0.1, 0.15) is 25.1 Å². The molecule has 0 bridgehead atoms. The Balaban J connectivity index is 2.87. The number of rotatable bonds is 3. The standard InChI is InChI=1S/C14H16BrClN2/c1-4-10-8(3)18-14-11(13(10)17-5-2)6-9(15)7-12(14)16/h6-7H,4-5H2,1-3H3,(H,17,18). The minimum atomic E-state index is 0.685. The van der Waals surface area contributed by atoms with E-state index in [1.165, 1.54) is 5.56 Å². The van der Waals surface area contributed by atoms with Gasteiger partial charge in [-0.1, -0.05) is 34.5 Å². The third kappa shape index (κ3) is 2.34. The van der Waals surface area contributed by atoms with Gasteiger partial charge in [0.25, 0.3) is 0 Å². The van der Waals surface area contributed by atoms with Gasteiger partial charge in [-0.05, 0) is 38.0 Å². The summed E-state index contributed by atoms with van der Waals surface area (Å²) < 4.78 is 0.979. The summed E-state index contributed by atoms with van der Waals surface area (Å²) in [6, 6.07) is 3.96. The van der Waals surface area contributed by atoms with Gasteiger partial charge in [0.2, 0.25) is 0 Å². The van der Waals surface area contributed by atoms with E-state index in [-0.39, 0.29) is 0 Å². The van der Waals surface area contributed by atoms with Crippen LogP contribution < -0.4 is 5.32 Å². The summed E-state index contributed by atoms with van der Waals surface area (Å²) in [5.74, 6) is 0. The molecule has 1 aromatic heterocycles. The molecule has 0 amide bonds. The number of nitrogens with one attached hydrogen (secondary N) is 1. The number of aromatic nitrogens is 1. The molecule has 1 aromatic carbocycles. The minimum Gasteiger partial charge on any atom is -0.384 e. The summed E-state index contributed by atoms with van der Waals surface area (Å²) in [6.45, 7) is 7.17. The quantitative estimate of drug-likeness (QED) is 0.862. The van der Waals surface area contributed by atoms with Crippen LogP contribution in [-0.4, -0.2) is 11.5 Å². The zero-order valence-corrected chi connectivity index (χ0v) is 13.1. The van der Waals surface area contributed by atoms with Crippen molar-refractivity contribution < 1.29 is 0 Å². The maximum atomic E-state index is 6.28. The van der Waals surface area contributed by atoms with E-state index in [9.17, 15) is 0 Å². The Labute approximate surface area is 121 Å². The lowest BCUT2D eigenvalue weighted by atomic mass is 10.0.